The maximum absolute atomic E-state index is 14.2. The number of carbonyl (C=O) groups is 2. The first-order valence-electron chi connectivity index (χ1n) is 12.8. The third-order valence-corrected chi connectivity index (χ3v) is 7.68. The van der Waals surface area contributed by atoms with Crippen LogP contribution in [0.5, 0.6) is 0 Å². The summed E-state index contributed by atoms with van der Waals surface area (Å²) in [6, 6.07) is 32.4. The van der Waals surface area contributed by atoms with Crippen LogP contribution < -0.4 is 10.2 Å². The normalized spacial score (nSPS) is 18.8. The molecule has 1 heterocycles. The number of benzene rings is 4. The molecule has 0 aromatic heterocycles. The van der Waals surface area contributed by atoms with Crippen LogP contribution in [0.3, 0.4) is 0 Å². The van der Waals surface area contributed by atoms with Gasteiger partial charge in [-0.25, -0.2) is 0 Å². The number of ketones is 1. The van der Waals surface area contributed by atoms with Gasteiger partial charge in [0.25, 0.3) is 5.91 Å². The Labute approximate surface area is 227 Å². The SMILES string of the molecule is Cc1ccc([C@@H]2C3=C(C[C@@H](c4cccc(Cl)c4)CC3=O)Nc3ccccc3N2C(=O)c2ccccc2)cc1. The van der Waals surface area contributed by atoms with Gasteiger partial charge in [0.1, 0.15) is 0 Å². The largest absolute Gasteiger partial charge is 0.357 e. The van der Waals surface area contributed by atoms with Crippen molar-refractivity contribution in [2.24, 2.45) is 0 Å². The van der Waals surface area contributed by atoms with Gasteiger partial charge in [0.15, 0.2) is 5.78 Å². The summed E-state index contributed by atoms with van der Waals surface area (Å²) in [5.74, 6) is -0.119. The number of nitrogens with zero attached hydrogens (tertiary/aromatic N) is 1. The quantitative estimate of drug-likeness (QED) is 0.300. The predicted octanol–water partition coefficient (Wildman–Crippen LogP) is 7.86. The van der Waals surface area contributed by atoms with E-state index in [2.05, 4.69) is 5.32 Å². The lowest BCUT2D eigenvalue weighted by atomic mass is 9.78. The number of para-hydroxylation sites is 2. The van der Waals surface area contributed by atoms with E-state index in [0.717, 1.165) is 33.8 Å². The molecule has 0 saturated heterocycles. The van der Waals surface area contributed by atoms with E-state index in [1.807, 2.05) is 110 Å². The number of amides is 1. The second kappa shape index (κ2) is 9.96. The van der Waals surface area contributed by atoms with Crippen molar-refractivity contribution in [1.29, 1.82) is 0 Å². The lowest BCUT2D eigenvalue weighted by molar-refractivity contribution is -0.116. The van der Waals surface area contributed by atoms with Gasteiger partial charge in [-0.05, 0) is 66.8 Å². The number of rotatable bonds is 3. The zero-order valence-electron chi connectivity index (χ0n) is 21.0. The highest BCUT2D eigenvalue weighted by molar-refractivity contribution is 6.30. The van der Waals surface area contributed by atoms with Crippen molar-refractivity contribution in [3.8, 4) is 0 Å². The summed E-state index contributed by atoms with van der Waals surface area (Å²) in [5, 5.41) is 4.24. The van der Waals surface area contributed by atoms with Crippen LogP contribution in [0.2, 0.25) is 5.02 Å². The fourth-order valence-electron chi connectivity index (χ4n) is 5.59. The van der Waals surface area contributed by atoms with Crippen LogP contribution >= 0.6 is 11.6 Å². The molecular formula is C33H27ClN2O2. The Balaban J connectivity index is 1.56. The molecule has 1 aliphatic carbocycles. The van der Waals surface area contributed by atoms with Crippen LogP contribution in [0.25, 0.3) is 0 Å². The van der Waals surface area contributed by atoms with E-state index in [0.29, 0.717) is 29.0 Å². The molecule has 2 atom stereocenters. The summed E-state index contributed by atoms with van der Waals surface area (Å²) >= 11 is 6.30. The van der Waals surface area contributed by atoms with Gasteiger partial charge < -0.3 is 5.32 Å². The first-order chi connectivity index (χ1) is 18.5. The number of hydrogen-bond donors (Lipinski definition) is 1. The van der Waals surface area contributed by atoms with Crippen molar-refractivity contribution >= 4 is 34.7 Å². The summed E-state index contributed by atoms with van der Waals surface area (Å²) < 4.78 is 0. The van der Waals surface area contributed by atoms with Crippen molar-refractivity contribution in [3.05, 3.63) is 142 Å². The minimum atomic E-state index is -0.567. The van der Waals surface area contributed by atoms with E-state index < -0.39 is 6.04 Å². The van der Waals surface area contributed by atoms with Gasteiger partial charge >= 0.3 is 0 Å². The second-order valence-electron chi connectivity index (χ2n) is 9.97. The maximum Gasteiger partial charge on any atom is 0.259 e. The molecule has 0 radical (unpaired) electrons. The fraction of sp³-hybridized carbons (Fsp3) is 0.152. The lowest BCUT2D eigenvalue weighted by Crippen LogP contribution is -2.38. The second-order valence-corrected chi connectivity index (χ2v) is 10.4. The van der Waals surface area contributed by atoms with E-state index >= 15 is 0 Å². The molecule has 188 valence electrons. The van der Waals surface area contributed by atoms with Crippen LogP contribution in [0.4, 0.5) is 11.4 Å². The Morgan fingerprint density at radius 1 is 0.842 bits per heavy atom. The molecule has 2 aliphatic rings. The number of Topliss-reactive ketones (excluding diaryl/α,β-unsaturated/α-hetero) is 1. The van der Waals surface area contributed by atoms with E-state index in [1.54, 1.807) is 4.90 Å². The van der Waals surface area contributed by atoms with Crippen molar-refractivity contribution in [3.63, 3.8) is 0 Å². The average molecular weight is 519 g/mol. The van der Waals surface area contributed by atoms with Gasteiger partial charge in [-0.15, -0.1) is 0 Å². The Morgan fingerprint density at radius 3 is 2.34 bits per heavy atom. The van der Waals surface area contributed by atoms with Gasteiger partial charge in [0.05, 0.1) is 17.4 Å². The first kappa shape index (κ1) is 24.2. The summed E-state index contributed by atoms with van der Waals surface area (Å²) in [4.78, 5) is 30.1. The van der Waals surface area contributed by atoms with E-state index in [1.165, 1.54) is 0 Å². The van der Waals surface area contributed by atoms with Crippen molar-refractivity contribution in [2.75, 3.05) is 10.2 Å². The fourth-order valence-corrected chi connectivity index (χ4v) is 5.79. The van der Waals surface area contributed by atoms with Gasteiger partial charge in [-0.1, -0.05) is 83.9 Å². The minimum Gasteiger partial charge on any atom is -0.357 e. The molecular weight excluding hydrogens is 492 g/mol. The molecule has 4 nitrogen and oxygen atoms in total. The molecule has 1 amide bonds. The number of aryl methyl sites for hydroxylation is 1. The van der Waals surface area contributed by atoms with Crippen LogP contribution in [0.15, 0.2) is 114 Å². The molecule has 0 unspecified atom stereocenters. The van der Waals surface area contributed by atoms with Gasteiger partial charge in [-0.3, -0.25) is 14.5 Å². The van der Waals surface area contributed by atoms with Crippen molar-refractivity contribution in [2.45, 2.75) is 31.7 Å². The minimum absolute atomic E-state index is 0.00495. The number of anilines is 2. The predicted molar refractivity (Wildman–Crippen MR) is 153 cm³/mol. The number of allylic oxidation sites excluding steroid dienone is 1. The molecule has 0 fully saturated rings. The summed E-state index contributed by atoms with van der Waals surface area (Å²) in [6.07, 6.45) is 0.998. The highest BCUT2D eigenvalue weighted by atomic mass is 35.5. The smallest absolute Gasteiger partial charge is 0.259 e. The van der Waals surface area contributed by atoms with Crippen molar-refractivity contribution in [1.82, 2.24) is 0 Å². The van der Waals surface area contributed by atoms with Crippen molar-refractivity contribution < 1.29 is 9.59 Å². The molecule has 38 heavy (non-hydrogen) atoms. The molecule has 0 spiro atoms. The van der Waals surface area contributed by atoms with Crippen LogP contribution in [-0.4, -0.2) is 11.7 Å². The van der Waals surface area contributed by atoms with E-state index in [-0.39, 0.29) is 17.6 Å². The Bertz CT molecular complexity index is 1560. The molecule has 0 saturated carbocycles. The van der Waals surface area contributed by atoms with Crippen LogP contribution in [0.1, 0.15) is 51.8 Å². The monoisotopic (exact) mass is 518 g/mol. The van der Waals surface area contributed by atoms with Crippen LogP contribution in [-0.2, 0) is 4.79 Å². The molecule has 5 heteroatoms. The maximum atomic E-state index is 14.2. The third kappa shape index (κ3) is 4.42. The van der Waals surface area contributed by atoms with Gasteiger partial charge in [-0.2, -0.15) is 0 Å². The topological polar surface area (TPSA) is 49.4 Å². The Morgan fingerprint density at radius 2 is 1.58 bits per heavy atom. The number of carbonyl (C=O) groups excluding carboxylic acids is 2. The highest BCUT2D eigenvalue weighted by Crippen LogP contribution is 2.48. The number of fused-ring (bicyclic) bond motifs is 1. The Kier molecular flexibility index (Phi) is 6.34. The summed E-state index contributed by atoms with van der Waals surface area (Å²) in [7, 11) is 0. The number of hydrogen-bond acceptors (Lipinski definition) is 3. The average Bonchev–Trinajstić information content (AvgIpc) is 3.08. The molecule has 1 N–H and O–H groups in total. The number of nitrogens with one attached hydrogen (secondary N) is 1. The van der Waals surface area contributed by atoms with E-state index in [4.69, 9.17) is 11.6 Å². The molecule has 4 aromatic rings. The first-order valence-corrected chi connectivity index (χ1v) is 13.2. The Hall–Kier alpha value is -4.15. The zero-order chi connectivity index (χ0) is 26.2. The van der Waals surface area contributed by atoms with Gasteiger partial charge in [0, 0.05) is 28.3 Å². The zero-order valence-corrected chi connectivity index (χ0v) is 21.8. The summed E-state index contributed by atoms with van der Waals surface area (Å²) in [6.45, 7) is 2.03. The van der Waals surface area contributed by atoms with Crippen LogP contribution in [0, 0.1) is 6.92 Å². The van der Waals surface area contributed by atoms with Gasteiger partial charge in [0.2, 0.25) is 0 Å². The van der Waals surface area contributed by atoms with E-state index in [9.17, 15) is 9.59 Å². The molecule has 6 rings (SSSR count). The molecule has 4 aromatic carbocycles. The highest BCUT2D eigenvalue weighted by Gasteiger charge is 2.41. The summed E-state index contributed by atoms with van der Waals surface area (Å²) in [5.41, 5.74) is 6.68. The molecule has 0 bridgehead atoms. The third-order valence-electron chi connectivity index (χ3n) is 7.44. The molecule has 1 aliphatic heterocycles. The standard InChI is InChI=1S/C33H27ClN2O2/c1-21-14-16-22(17-15-21)32-31-28(19-25(20-30(31)37)24-10-7-11-26(34)18-24)35-27-12-5-6-13-29(27)36(32)33(38)23-8-3-2-4-9-23/h2-18,25,32,35H,19-20H2,1H3/t25-,32-/m1/s1. The number of halogens is 1. The lowest BCUT2D eigenvalue weighted by Gasteiger charge is -2.35.